The van der Waals surface area contributed by atoms with E-state index in [0.29, 0.717) is 13.1 Å². The summed E-state index contributed by atoms with van der Waals surface area (Å²) in [7, 11) is 0. The molecule has 0 amide bonds. The molecule has 4 heteroatoms. The van der Waals surface area contributed by atoms with Crippen molar-refractivity contribution in [3.8, 4) is 0 Å². The first-order valence-electron chi connectivity index (χ1n) is 7.38. The van der Waals surface area contributed by atoms with Crippen molar-refractivity contribution in [3.05, 3.63) is 29.8 Å². The van der Waals surface area contributed by atoms with E-state index in [-0.39, 0.29) is 0 Å². The highest BCUT2D eigenvalue weighted by Crippen LogP contribution is 2.27. The van der Waals surface area contributed by atoms with Gasteiger partial charge in [-0.3, -0.25) is 4.79 Å². The molecule has 1 heterocycles. The van der Waals surface area contributed by atoms with Crippen molar-refractivity contribution in [1.29, 1.82) is 0 Å². The maximum atomic E-state index is 11.6. The third-order valence-electron chi connectivity index (χ3n) is 4.00. The summed E-state index contributed by atoms with van der Waals surface area (Å²) in [5.74, 6) is -0.791. The Hall–Kier alpha value is -1.55. The van der Waals surface area contributed by atoms with Crippen LogP contribution < -0.4 is 10.2 Å². The number of likely N-dealkylation sites (N-methyl/N-ethyl adjacent to an activating group) is 1. The zero-order chi connectivity index (χ0) is 14.6. The molecule has 0 bridgehead atoms. The number of fused-ring (bicyclic) bond motifs is 1. The molecule has 2 N–H and O–H groups in total. The number of benzene rings is 1. The van der Waals surface area contributed by atoms with Crippen molar-refractivity contribution in [2.45, 2.75) is 38.6 Å². The highest BCUT2D eigenvalue weighted by molar-refractivity contribution is 5.79. The minimum atomic E-state index is -0.911. The Balaban J connectivity index is 2.26. The number of nitrogens with zero attached hydrogens (tertiary/aromatic N) is 1. The molecule has 1 aromatic rings. The predicted molar refractivity (Wildman–Crippen MR) is 81.3 cm³/mol. The van der Waals surface area contributed by atoms with Gasteiger partial charge < -0.3 is 15.3 Å². The van der Waals surface area contributed by atoms with Gasteiger partial charge in [-0.15, -0.1) is 0 Å². The lowest BCUT2D eigenvalue weighted by Gasteiger charge is -2.34. The summed E-state index contributed by atoms with van der Waals surface area (Å²) < 4.78 is 0. The van der Waals surface area contributed by atoms with Gasteiger partial charge in [0.25, 0.3) is 0 Å². The number of carbonyl (C=O) groups is 1. The van der Waals surface area contributed by atoms with Crippen molar-refractivity contribution >= 4 is 11.7 Å². The van der Waals surface area contributed by atoms with Crippen LogP contribution in [0.4, 0.5) is 5.69 Å². The Morgan fingerprint density at radius 2 is 2.15 bits per heavy atom. The fourth-order valence-corrected chi connectivity index (χ4v) is 2.90. The van der Waals surface area contributed by atoms with E-state index >= 15 is 0 Å². The van der Waals surface area contributed by atoms with E-state index in [2.05, 4.69) is 28.4 Å². The van der Waals surface area contributed by atoms with Crippen LogP contribution in [0.3, 0.4) is 0 Å². The second-order valence-corrected chi connectivity index (χ2v) is 5.67. The molecule has 0 saturated heterocycles. The van der Waals surface area contributed by atoms with Gasteiger partial charge in [0.2, 0.25) is 0 Å². The Morgan fingerprint density at radius 1 is 1.40 bits per heavy atom. The molecule has 4 nitrogen and oxygen atoms in total. The number of carboxylic acids is 1. The van der Waals surface area contributed by atoms with Crippen LogP contribution in [0.25, 0.3) is 0 Å². The number of hydrogen-bond donors (Lipinski definition) is 2. The molecule has 0 spiro atoms. The van der Waals surface area contributed by atoms with Gasteiger partial charge >= 0.3 is 5.97 Å². The van der Waals surface area contributed by atoms with Crippen LogP contribution in [-0.2, 0) is 11.2 Å². The van der Waals surface area contributed by atoms with Gasteiger partial charge in [-0.25, -0.2) is 0 Å². The van der Waals surface area contributed by atoms with Gasteiger partial charge in [0.05, 0.1) is 0 Å². The summed E-state index contributed by atoms with van der Waals surface area (Å²) >= 11 is 0. The second-order valence-electron chi connectivity index (χ2n) is 5.67. The summed E-state index contributed by atoms with van der Waals surface area (Å²) in [4.78, 5) is 13.8. The fraction of sp³-hybridized carbons (Fsp3) is 0.562. The van der Waals surface area contributed by atoms with Crippen molar-refractivity contribution in [2.75, 3.05) is 24.5 Å². The Morgan fingerprint density at radius 3 is 2.85 bits per heavy atom. The average Bonchev–Trinajstić information content (AvgIpc) is 2.62. The summed E-state index contributed by atoms with van der Waals surface area (Å²) in [5, 5.41) is 12.6. The molecule has 1 unspecified atom stereocenters. The number of hydrogen-bond acceptors (Lipinski definition) is 3. The molecule has 1 atom stereocenters. The van der Waals surface area contributed by atoms with E-state index in [1.54, 1.807) is 6.92 Å². The quantitative estimate of drug-likeness (QED) is 0.866. The van der Waals surface area contributed by atoms with Crippen molar-refractivity contribution in [2.24, 2.45) is 0 Å². The Bertz CT molecular complexity index is 475. The van der Waals surface area contributed by atoms with E-state index in [1.165, 1.54) is 17.7 Å². The van der Waals surface area contributed by atoms with Crippen molar-refractivity contribution in [3.63, 3.8) is 0 Å². The third-order valence-corrected chi connectivity index (χ3v) is 4.00. The average molecular weight is 276 g/mol. The standard InChI is InChI=1S/C16H24N2O2/c1-3-17-16(2,15(19)20)12-18-11-7-6-9-13-8-4-5-10-14(13)18/h4-5,8,10,17H,3,6-7,9,11-12H2,1-2H3,(H,19,20). The fourth-order valence-electron chi connectivity index (χ4n) is 2.90. The van der Waals surface area contributed by atoms with Gasteiger partial charge in [-0.2, -0.15) is 0 Å². The SMILES string of the molecule is CCNC(C)(CN1CCCCc2ccccc21)C(=O)O. The highest BCUT2D eigenvalue weighted by atomic mass is 16.4. The van der Waals surface area contributed by atoms with E-state index < -0.39 is 11.5 Å². The van der Waals surface area contributed by atoms with Gasteiger partial charge in [0.15, 0.2) is 0 Å². The van der Waals surface area contributed by atoms with Crippen LogP contribution >= 0.6 is 0 Å². The zero-order valence-corrected chi connectivity index (χ0v) is 12.4. The van der Waals surface area contributed by atoms with E-state index in [0.717, 1.165) is 19.4 Å². The monoisotopic (exact) mass is 276 g/mol. The first-order chi connectivity index (χ1) is 9.57. The van der Waals surface area contributed by atoms with Crippen molar-refractivity contribution in [1.82, 2.24) is 5.32 Å². The number of anilines is 1. The topological polar surface area (TPSA) is 52.6 Å². The molecule has 0 saturated carbocycles. The molecule has 0 aromatic heterocycles. The molecular weight excluding hydrogens is 252 g/mol. The number of aryl methyl sites for hydroxylation is 1. The molecule has 110 valence electrons. The van der Waals surface area contributed by atoms with E-state index in [4.69, 9.17) is 0 Å². The van der Waals surface area contributed by atoms with Crippen LogP contribution in [0.1, 0.15) is 32.3 Å². The summed E-state index contributed by atoms with van der Waals surface area (Å²) in [6.45, 7) is 5.78. The number of rotatable bonds is 5. The number of carboxylic acid groups (broad SMARTS) is 1. The smallest absolute Gasteiger partial charge is 0.325 e. The van der Waals surface area contributed by atoms with E-state index in [9.17, 15) is 9.90 Å². The number of nitrogens with one attached hydrogen (secondary N) is 1. The van der Waals surface area contributed by atoms with Gasteiger partial charge in [-0.1, -0.05) is 25.1 Å². The van der Waals surface area contributed by atoms with Crippen LogP contribution in [0.5, 0.6) is 0 Å². The minimum Gasteiger partial charge on any atom is -0.480 e. The minimum absolute atomic E-state index is 0.493. The summed E-state index contributed by atoms with van der Waals surface area (Å²) in [6, 6.07) is 8.35. The van der Waals surface area contributed by atoms with Crippen LogP contribution in [0.15, 0.2) is 24.3 Å². The molecule has 1 aliphatic rings. The van der Waals surface area contributed by atoms with Gasteiger partial charge in [0.1, 0.15) is 5.54 Å². The lowest BCUT2D eigenvalue weighted by molar-refractivity contribution is -0.143. The Kier molecular flexibility index (Phi) is 4.65. The second kappa shape index (κ2) is 6.27. The summed E-state index contributed by atoms with van der Waals surface area (Å²) in [6.07, 6.45) is 3.35. The largest absolute Gasteiger partial charge is 0.480 e. The predicted octanol–water partition coefficient (Wildman–Crippen LogP) is 2.28. The maximum Gasteiger partial charge on any atom is 0.325 e. The lowest BCUT2D eigenvalue weighted by Crippen LogP contribution is -2.57. The van der Waals surface area contributed by atoms with Gasteiger partial charge in [0, 0.05) is 18.8 Å². The maximum absolute atomic E-state index is 11.6. The van der Waals surface area contributed by atoms with Crippen LogP contribution in [0.2, 0.25) is 0 Å². The third kappa shape index (κ3) is 3.12. The molecule has 0 fully saturated rings. The molecule has 1 aromatic carbocycles. The Labute approximate surface area is 120 Å². The lowest BCUT2D eigenvalue weighted by atomic mass is 10.0. The zero-order valence-electron chi connectivity index (χ0n) is 12.4. The molecule has 1 aliphatic heterocycles. The molecular formula is C16H24N2O2. The molecule has 0 radical (unpaired) electrons. The normalized spacial score (nSPS) is 18.0. The molecule has 0 aliphatic carbocycles. The van der Waals surface area contributed by atoms with Crippen molar-refractivity contribution < 1.29 is 9.90 Å². The number of aliphatic carboxylic acids is 1. The van der Waals surface area contributed by atoms with Crippen LogP contribution in [0, 0.1) is 0 Å². The molecule has 2 rings (SSSR count). The van der Waals surface area contributed by atoms with Crippen LogP contribution in [-0.4, -0.2) is 36.2 Å². The van der Waals surface area contributed by atoms with E-state index in [1.807, 2.05) is 13.0 Å². The first-order valence-corrected chi connectivity index (χ1v) is 7.38. The number of para-hydroxylation sites is 1. The summed E-state index contributed by atoms with van der Waals surface area (Å²) in [5.41, 5.74) is 1.61. The highest BCUT2D eigenvalue weighted by Gasteiger charge is 2.35. The first kappa shape index (κ1) is 14.9. The molecule has 20 heavy (non-hydrogen) atoms. The van der Waals surface area contributed by atoms with Gasteiger partial charge in [-0.05, 0) is 44.4 Å².